The van der Waals surface area contributed by atoms with E-state index in [1.54, 1.807) is 7.11 Å². The lowest BCUT2D eigenvalue weighted by molar-refractivity contribution is -0.116. The Bertz CT molecular complexity index is 1050. The van der Waals surface area contributed by atoms with Crippen LogP contribution in [0.2, 0.25) is 0 Å². The van der Waals surface area contributed by atoms with Gasteiger partial charge >= 0.3 is 0 Å². The average Bonchev–Trinajstić information content (AvgIpc) is 3.10. The lowest BCUT2D eigenvalue weighted by atomic mass is 10.0. The third-order valence-corrected chi connectivity index (χ3v) is 6.20. The molecule has 0 fully saturated rings. The number of anilines is 1. The molecule has 0 radical (unpaired) electrons. The number of aromatic nitrogens is 3. The quantitative estimate of drug-likeness (QED) is 0.685. The molecule has 2 aromatic carbocycles. The molecule has 0 saturated carbocycles. The van der Waals surface area contributed by atoms with Crippen molar-refractivity contribution >= 4 is 23.4 Å². The molecule has 1 amide bonds. The maximum Gasteiger partial charge on any atom is 0.240 e. The van der Waals surface area contributed by atoms with Crippen molar-refractivity contribution in [2.24, 2.45) is 0 Å². The number of hydrogen-bond donors (Lipinski definition) is 2. The predicted molar refractivity (Wildman–Crippen MR) is 114 cm³/mol. The zero-order chi connectivity index (χ0) is 20.5. The van der Waals surface area contributed by atoms with E-state index in [4.69, 9.17) is 4.74 Å². The Morgan fingerprint density at radius 1 is 1.14 bits per heavy atom. The van der Waals surface area contributed by atoms with Crippen LogP contribution in [0.15, 0.2) is 47.6 Å². The number of rotatable bonds is 4. The van der Waals surface area contributed by atoms with Crippen molar-refractivity contribution in [1.82, 2.24) is 14.9 Å². The minimum Gasteiger partial charge on any atom is -0.497 e. The fourth-order valence-corrected chi connectivity index (χ4v) is 4.42. The molecule has 1 aromatic heterocycles. The molecule has 1 aliphatic heterocycles. The number of benzene rings is 2. The van der Waals surface area contributed by atoms with Crippen molar-refractivity contribution < 1.29 is 9.53 Å². The Kier molecular flexibility index (Phi) is 5.19. The van der Waals surface area contributed by atoms with Gasteiger partial charge in [-0.05, 0) is 55.7 Å². The van der Waals surface area contributed by atoms with Gasteiger partial charge in [-0.3, -0.25) is 4.79 Å². The van der Waals surface area contributed by atoms with Gasteiger partial charge in [0.2, 0.25) is 11.1 Å². The van der Waals surface area contributed by atoms with Crippen LogP contribution in [0.5, 0.6) is 5.75 Å². The van der Waals surface area contributed by atoms with Gasteiger partial charge < -0.3 is 15.5 Å². The molecular weight excluding hydrogens is 386 g/mol. The molecule has 0 aliphatic carbocycles. The maximum atomic E-state index is 13.3. The van der Waals surface area contributed by atoms with E-state index in [0.29, 0.717) is 5.16 Å². The molecule has 4 rings (SSSR count). The van der Waals surface area contributed by atoms with Gasteiger partial charge in [0.25, 0.3) is 0 Å². The summed E-state index contributed by atoms with van der Waals surface area (Å²) in [6.45, 7) is 5.88. The van der Waals surface area contributed by atoms with E-state index in [0.717, 1.165) is 34.0 Å². The molecule has 3 aromatic rings. The molecule has 2 N–H and O–H groups in total. The first-order chi connectivity index (χ1) is 14.0. The standard InChI is InChI=1S/C21H23N5O2S/c1-12-5-6-13(2)17(11-12)22-20(27)19-18(15-7-9-16(28-4)10-8-15)25-26-14(3)23-24-21(26)29-19/h5-11,18-19,25H,1-4H3,(H,22,27)/t18-,19+/m1/s1. The molecule has 2 heterocycles. The zero-order valence-electron chi connectivity index (χ0n) is 16.8. The van der Waals surface area contributed by atoms with E-state index in [-0.39, 0.29) is 11.9 Å². The number of fused-ring (bicyclic) bond motifs is 1. The zero-order valence-corrected chi connectivity index (χ0v) is 17.6. The van der Waals surface area contributed by atoms with Crippen LogP contribution in [0, 0.1) is 20.8 Å². The number of nitrogens with zero attached hydrogens (tertiary/aromatic N) is 3. The van der Waals surface area contributed by atoms with E-state index in [9.17, 15) is 4.79 Å². The molecule has 29 heavy (non-hydrogen) atoms. The smallest absolute Gasteiger partial charge is 0.240 e. The molecule has 1 aliphatic rings. The van der Waals surface area contributed by atoms with Gasteiger partial charge in [0, 0.05) is 5.69 Å². The molecular formula is C21H23N5O2S. The molecule has 150 valence electrons. The van der Waals surface area contributed by atoms with Crippen LogP contribution < -0.4 is 15.5 Å². The summed E-state index contributed by atoms with van der Waals surface area (Å²) in [6.07, 6.45) is 0. The van der Waals surface area contributed by atoms with Gasteiger partial charge in [0.15, 0.2) is 0 Å². The topological polar surface area (TPSA) is 81.1 Å². The summed E-state index contributed by atoms with van der Waals surface area (Å²) in [4.78, 5) is 13.3. The number of carbonyl (C=O) groups is 1. The fraction of sp³-hybridized carbons (Fsp3) is 0.286. The van der Waals surface area contributed by atoms with Gasteiger partial charge in [-0.25, -0.2) is 4.68 Å². The lowest BCUT2D eigenvalue weighted by Gasteiger charge is -2.33. The molecule has 8 heteroatoms. The van der Waals surface area contributed by atoms with Crippen LogP contribution in [0.25, 0.3) is 0 Å². The normalized spacial score (nSPS) is 17.9. The minimum atomic E-state index is -0.417. The molecule has 7 nitrogen and oxygen atoms in total. The summed E-state index contributed by atoms with van der Waals surface area (Å²) in [5.74, 6) is 1.44. The first-order valence-corrected chi connectivity index (χ1v) is 10.2. The lowest BCUT2D eigenvalue weighted by Crippen LogP contribution is -2.41. The molecule has 0 unspecified atom stereocenters. The van der Waals surface area contributed by atoms with E-state index >= 15 is 0 Å². The number of thioether (sulfide) groups is 1. The summed E-state index contributed by atoms with van der Waals surface area (Å²) in [7, 11) is 1.64. The Hall–Kier alpha value is -3.00. The van der Waals surface area contributed by atoms with Crippen LogP contribution >= 0.6 is 11.8 Å². The highest BCUT2D eigenvalue weighted by Crippen LogP contribution is 2.38. The summed E-state index contributed by atoms with van der Waals surface area (Å²) >= 11 is 1.41. The Morgan fingerprint density at radius 3 is 2.62 bits per heavy atom. The number of amides is 1. The second-order valence-electron chi connectivity index (χ2n) is 7.09. The number of methoxy groups -OCH3 is 1. The second-order valence-corrected chi connectivity index (χ2v) is 8.20. The Labute approximate surface area is 173 Å². The highest BCUT2D eigenvalue weighted by molar-refractivity contribution is 8.00. The molecule has 0 spiro atoms. The number of aryl methyl sites for hydroxylation is 3. The summed E-state index contributed by atoms with van der Waals surface area (Å²) < 4.78 is 7.10. The van der Waals surface area contributed by atoms with Crippen molar-refractivity contribution in [3.8, 4) is 5.75 Å². The number of ether oxygens (including phenoxy) is 1. The summed E-state index contributed by atoms with van der Waals surface area (Å²) in [5, 5.41) is 11.7. The summed E-state index contributed by atoms with van der Waals surface area (Å²) in [5.41, 5.74) is 7.35. The second kappa shape index (κ2) is 7.79. The van der Waals surface area contributed by atoms with Gasteiger partial charge in [0.05, 0.1) is 13.2 Å². The van der Waals surface area contributed by atoms with Gasteiger partial charge in [-0.2, -0.15) is 0 Å². The average molecular weight is 410 g/mol. The molecule has 0 bridgehead atoms. The highest BCUT2D eigenvalue weighted by Gasteiger charge is 2.37. The Balaban J connectivity index is 1.67. The minimum absolute atomic E-state index is 0.0797. The van der Waals surface area contributed by atoms with Crippen molar-refractivity contribution in [1.29, 1.82) is 0 Å². The monoisotopic (exact) mass is 409 g/mol. The van der Waals surface area contributed by atoms with Gasteiger partial charge in [-0.15, -0.1) is 10.2 Å². The first-order valence-electron chi connectivity index (χ1n) is 9.33. The number of nitrogens with one attached hydrogen (secondary N) is 2. The maximum absolute atomic E-state index is 13.3. The van der Waals surface area contributed by atoms with Crippen LogP contribution in [0.1, 0.15) is 28.6 Å². The molecule has 2 atom stereocenters. The first kappa shape index (κ1) is 19.3. The van der Waals surface area contributed by atoms with E-state index in [1.165, 1.54) is 11.8 Å². The fourth-order valence-electron chi connectivity index (χ4n) is 3.30. The highest BCUT2D eigenvalue weighted by atomic mass is 32.2. The van der Waals surface area contributed by atoms with E-state index < -0.39 is 5.25 Å². The predicted octanol–water partition coefficient (Wildman–Crippen LogP) is 3.61. The van der Waals surface area contributed by atoms with Crippen molar-refractivity contribution in [2.45, 2.75) is 37.2 Å². The SMILES string of the molecule is COc1ccc([C@H]2Nn3c(C)nnc3S[C@@H]2C(=O)Nc2cc(C)ccc2C)cc1. The van der Waals surface area contributed by atoms with Crippen molar-refractivity contribution in [2.75, 3.05) is 17.9 Å². The Morgan fingerprint density at radius 2 is 1.90 bits per heavy atom. The van der Waals surface area contributed by atoms with Crippen molar-refractivity contribution in [3.05, 3.63) is 65.0 Å². The van der Waals surface area contributed by atoms with Crippen LogP contribution in [-0.4, -0.2) is 33.1 Å². The van der Waals surface area contributed by atoms with E-state index in [1.807, 2.05) is 67.9 Å². The number of carbonyl (C=O) groups excluding carboxylic acids is 1. The van der Waals surface area contributed by atoms with Crippen LogP contribution in [-0.2, 0) is 4.79 Å². The van der Waals surface area contributed by atoms with Gasteiger partial charge in [0.1, 0.15) is 16.8 Å². The van der Waals surface area contributed by atoms with E-state index in [2.05, 4.69) is 20.9 Å². The van der Waals surface area contributed by atoms with Crippen molar-refractivity contribution in [3.63, 3.8) is 0 Å². The van der Waals surface area contributed by atoms with Crippen LogP contribution in [0.4, 0.5) is 5.69 Å². The molecule has 0 saturated heterocycles. The van der Waals surface area contributed by atoms with Gasteiger partial charge in [-0.1, -0.05) is 36.0 Å². The summed E-state index contributed by atoms with van der Waals surface area (Å²) in [6, 6.07) is 13.5. The largest absolute Gasteiger partial charge is 0.497 e. The third-order valence-electron chi connectivity index (χ3n) is 4.98. The number of hydrogen-bond acceptors (Lipinski definition) is 6. The third kappa shape index (κ3) is 3.80. The van der Waals surface area contributed by atoms with Crippen LogP contribution in [0.3, 0.4) is 0 Å².